The summed E-state index contributed by atoms with van der Waals surface area (Å²) < 4.78 is 0. The molecule has 4 N–H and O–H groups in total. The number of anilines is 2. The zero-order chi connectivity index (χ0) is 13.8. The molecule has 1 aliphatic heterocycles. The molecular formula is C13H17ClN2O2S. The zero-order valence-electron chi connectivity index (χ0n) is 10.5. The Labute approximate surface area is 121 Å². The van der Waals surface area contributed by atoms with Gasteiger partial charge in [-0.15, -0.1) is 0 Å². The van der Waals surface area contributed by atoms with Crippen LogP contribution in [-0.4, -0.2) is 29.1 Å². The highest BCUT2D eigenvalue weighted by Gasteiger charge is 2.18. The van der Waals surface area contributed by atoms with E-state index in [-0.39, 0.29) is 5.56 Å². The van der Waals surface area contributed by atoms with Crippen LogP contribution in [0.5, 0.6) is 0 Å². The van der Waals surface area contributed by atoms with Gasteiger partial charge in [-0.2, -0.15) is 11.8 Å². The molecule has 0 aliphatic carbocycles. The molecular weight excluding hydrogens is 284 g/mol. The van der Waals surface area contributed by atoms with Crippen LogP contribution in [0.1, 0.15) is 23.2 Å². The molecule has 0 saturated carbocycles. The highest BCUT2D eigenvalue weighted by atomic mass is 35.5. The van der Waals surface area contributed by atoms with E-state index < -0.39 is 5.97 Å². The molecule has 104 valence electrons. The smallest absolute Gasteiger partial charge is 0.337 e. The van der Waals surface area contributed by atoms with Gasteiger partial charge in [0.1, 0.15) is 0 Å². The van der Waals surface area contributed by atoms with Crippen molar-refractivity contribution in [2.24, 2.45) is 5.92 Å². The second kappa shape index (κ2) is 6.39. The van der Waals surface area contributed by atoms with Gasteiger partial charge in [-0.05, 0) is 42.4 Å². The van der Waals surface area contributed by atoms with Crippen LogP contribution in [0.4, 0.5) is 11.4 Å². The largest absolute Gasteiger partial charge is 0.478 e. The van der Waals surface area contributed by atoms with E-state index in [1.54, 1.807) is 6.07 Å². The molecule has 0 atom stereocenters. The Morgan fingerprint density at radius 1 is 1.47 bits per heavy atom. The molecule has 0 bridgehead atoms. The maximum Gasteiger partial charge on any atom is 0.337 e. The van der Waals surface area contributed by atoms with Crippen molar-refractivity contribution in [2.75, 3.05) is 29.1 Å². The van der Waals surface area contributed by atoms with Crippen molar-refractivity contribution in [3.05, 3.63) is 22.7 Å². The van der Waals surface area contributed by atoms with Gasteiger partial charge in [0, 0.05) is 12.2 Å². The van der Waals surface area contributed by atoms with Crippen molar-refractivity contribution >= 4 is 40.7 Å². The number of carboxylic acid groups (broad SMARTS) is 1. The van der Waals surface area contributed by atoms with E-state index in [0.717, 1.165) is 19.4 Å². The van der Waals surface area contributed by atoms with E-state index in [1.807, 2.05) is 11.8 Å². The monoisotopic (exact) mass is 300 g/mol. The average molecular weight is 301 g/mol. The first kappa shape index (κ1) is 14.3. The van der Waals surface area contributed by atoms with Gasteiger partial charge >= 0.3 is 5.97 Å². The van der Waals surface area contributed by atoms with Crippen molar-refractivity contribution < 1.29 is 9.90 Å². The number of carboxylic acids is 1. The first-order chi connectivity index (χ1) is 9.08. The number of benzene rings is 1. The van der Waals surface area contributed by atoms with Crippen LogP contribution in [0.3, 0.4) is 0 Å². The zero-order valence-corrected chi connectivity index (χ0v) is 12.1. The topological polar surface area (TPSA) is 75.3 Å². The molecule has 2 rings (SSSR count). The summed E-state index contributed by atoms with van der Waals surface area (Å²) in [6, 6.07) is 3.01. The van der Waals surface area contributed by atoms with Crippen LogP contribution in [0.25, 0.3) is 0 Å². The van der Waals surface area contributed by atoms with E-state index in [1.165, 1.54) is 17.6 Å². The number of hydrogen-bond donors (Lipinski definition) is 3. The summed E-state index contributed by atoms with van der Waals surface area (Å²) in [5.41, 5.74) is 6.60. The summed E-state index contributed by atoms with van der Waals surface area (Å²) in [5, 5.41) is 12.7. The lowest BCUT2D eigenvalue weighted by molar-refractivity contribution is 0.0698. The molecule has 0 radical (unpaired) electrons. The van der Waals surface area contributed by atoms with E-state index in [9.17, 15) is 9.90 Å². The van der Waals surface area contributed by atoms with Gasteiger partial charge < -0.3 is 16.2 Å². The highest BCUT2D eigenvalue weighted by molar-refractivity contribution is 7.99. The van der Waals surface area contributed by atoms with E-state index in [0.29, 0.717) is 22.3 Å². The lowest BCUT2D eigenvalue weighted by Crippen LogP contribution is -2.20. The molecule has 4 nitrogen and oxygen atoms in total. The predicted octanol–water partition coefficient (Wildman–Crippen LogP) is 3.18. The van der Waals surface area contributed by atoms with Gasteiger partial charge in [0.15, 0.2) is 0 Å². The Kier molecular flexibility index (Phi) is 4.82. The van der Waals surface area contributed by atoms with Crippen LogP contribution in [0.2, 0.25) is 5.02 Å². The van der Waals surface area contributed by atoms with Crippen molar-refractivity contribution in [1.29, 1.82) is 0 Å². The molecule has 0 spiro atoms. The van der Waals surface area contributed by atoms with Crippen LogP contribution < -0.4 is 11.1 Å². The number of hydrogen-bond acceptors (Lipinski definition) is 4. The molecule has 1 aromatic carbocycles. The fourth-order valence-corrected chi connectivity index (χ4v) is 3.67. The van der Waals surface area contributed by atoms with Crippen LogP contribution >= 0.6 is 23.4 Å². The minimum atomic E-state index is -1.02. The Hall–Kier alpha value is -1.07. The Balaban J connectivity index is 2.12. The number of nitrogen functional groups attached to an aromatic ring is 1. The summed E-state index contributed by atoms with van der Waals surface area (Å²) in [6.07, 6.45) is 2.32. The normalized spacial score (nSPS) is 16.3. The highest BCUT2D eigenvalue weighted by Crippen LogP contribution is 2.30. The van der Waals surface area contributed by atoms with E-state index in [4.69, 9.17) is 17.3 Å². The van der Waals surface area contributed by atoms with Gasteiger partial charge in [0.25, 0.3) is 0 Å². The van der Waals surface area contributed by atoms with Crippen LogP contribution in [0.15, 0.2) is 12.1 Å². The van der Waals surface area contributed by atoms with Crippen molar-refractivity contribution in [2.45, 2.75) is 12.8 Å². The third-order valence-corrected chi connectivity index (χ3v) is 4.60. The molecule has 0 unspecified atom stereocenters. The first-order valence-electron chi connectivity index (χ1n) is 6.22. The Morgan fingerprint density at radius 2 is 2.16 bits per heavy atom. The quantitative estimate of drug-likeness (QED) is 0.745. The maximum atomic E-state index is 11.2. The molecule has 1 aliphatic rings. The minimum absolute atomic E-state index is 0.134. The van der Waals surface area contributed by atoms with Gasteiger partial charge in [-0.3, -0.25) is 0 Å². The third kappa shape index (κ3) is 3.70. The second-order valence-electron chi connectivity index (χ2n) is 4.67. The standard InChI is InChI=1S/C13H17ClN2O2S/c14-11-6-9(15)5-10(13(17)18)12(11)16-7-8-1-3-19-4-2-8/h5-6,8,16H,1-4,7,15H2,(H,17,18). The van der Waals surface area contributed by atoms with Crippen LogP contribution in [0, 0.1) is 5.92 Å². The van der Waals surface area contributed by atoms with Crippen LogP contribution in [-0.2, 0) is 0 Å². The molecule has 0 aromatic heterocycles. The number of aromatic carboxylic acids is 1. The van der Waals surface area contributed by atoms with Gasteiger partial charge in [-0.25, -0.2) is 4.79 Å². The molecule has 1 heterocycles. The molecule has 1 aromatic rings. The fourth-order valence-electron chi connectivity index (χ4n) is 2.17. The Bertz CT molecular complexity index is 476. The average Bonchev–Trinajstić information content (AvgIpc) is 2.38. The van der Waals surface area contributed by atoms with E-state index >= 15 is 0 Å². The van der Waals surface area contributed by atoms with Crippen molar-refractivity contribution in [3.63, 3.8) is 0 Å². The lowest BCUT2D eigenvalue weighted by Gasteiger charge is -2.23. The molecule has 19 heavy (non-hydrogen) atoms. The summed E-state index contributed by atoms with van der Waals surface area (Å²) >= 11 is 8.06. The lowest BCUT2D eigenvalue weighted by atomic mass is 10.0. The minimum Gasteiger partial charge on any atom is -0.478 e. The molecule has 0 amide bonds. The first-order valence-corrected chi connectivity index (χ1v) is 7.75. The summed E-state index contributed by atoms with van der Waals surface area (Å²) in [4.78, 5) is 11.2. The number of rotatable bonds is 4. The van der Waals surface area contributed by atoms with Crippen molar-refractivity contribution in [1.82, 2.24) is 0 Å². The second-order valence-corrected chi connectivity index (χ2v) is 6.30. The molecule has 1 saturated heterocycles. The SMILES string of the molecule is Nc1cc(Cl)c(NCC2CCSCC2)c(C(=O)O)c1. The molecule has 6 heteroatoms. The van der Waals surface area contributed by atoms with Gasteiger partial charge in [0.05, 0.1) is 16.3 Å². The number of halogens is 1. The number of nitrogens with two attached hydrogens (primary N) is 1. The number of carbonyl (C=O) groups is 1. The van der Waals surface area contributed by atoms with E-state index in [2.05, 4.69) is 5.32 Å². The maximum absolute atomic E-state index is 11.2. The Morgan fingerprint density at radius 3 is 2.79 bits per heavy atom. The number of nitrogens with one attached hydrogen (secondary N) is 1. The summed E-state index contributed by atoms with van der Waals surface area (Å²) in [7, 11) is 0. The number of thioether (sulfide) groups is 1. The van der Waals surface area contributed by atoms with Gasteiger partial charge in [-0.1, -0.05) is 11.6 Å². The van der Waals surface area contributed by atoms with Gasteiger partial charge in [0.2, 0.25) is 0 Å². The van der Waals surface area contributed by atoms with Crippen molar-refractivity contribution in [3.8, 4) is 0 Å². The summed E-state index contributed by atoms with van der Waals surface area (Å²) in [5.74, 6) is 1.91. The third-order valence-electron chi connectivity index (χ3n) is 3.25. The summed E-state index contributed by atoms with van der Waals surface area (Å²) in [6.45, 7) is 0.754. The fraction of sp³-hybridized carbons (Fsp3) is 0.462. The predicted molar refractivity (Wildman–Crippen MR) is 81.4 cm³/mol. The molecule has 1 fully saturated rings.